The van der Waals surface area contributed by atoms with Crippen molar-refractivity contribution >= 4 is 34.5 Å². The van der Waals surface area contributed by atoms with Gasteiger partial charge < -0.3 is 12.3 Å². The van der Waals surface area contributed by atoms with Crippen molar-refractivity contribution < 1.29 is 12.3 Å². The average molecular weight is 310 g/mol. The van der Waals surface area contributed by atoms with Crippen LogP contribution in [0.5, 0.6) is 0 Å². The van der Waals surface area contributed by atoms with Gasteiger partial charge in [0.25, 0.3) is 0 Å². The van der Waals surface area contributed by atoms with E-state index >= 15 is 0 Å². The molecule has 103 valence electrons. The first-order valence-corrected chi connectivity index (χ1v) is 17.4. The van der Waals surface area contributed by atoms with E-state index in [1.54, 1.807) is 0 Å². The Labute approximate surface area is 112 Å². The molecule has 0 N–H and O–H groups in total. The van der Waals surface area contributed by atoms with E-state index in [2.05, 4.69) is 59.3 Å². The van der Waals surface area contributed by atoms with Gasteiger partial charge in [-0.05, 0) is 58.4 Å². The summed E-state index contributed by atoms with van der Waals surface area (Å²) in [7, 11) is -6.19. The maximum absolute atomic E-state index is 6.20. The Hall–Kier alpha value is 0.748. The third kappa shape index (κ3) is 10.4. The average Bonchev–Trinajstić information content (AvgIpc) is 1.94. The Morgan fingerprint density at radius 2 is 1.24 bits per heavy atom. The molecule has 0 unspecified atom stereocenters. The van der Waals surface area contributed by atoms with Crippen LogP contribution in [-0.4, -0.2) is 34.5 Å². The highest BCUT2D eigenvalue weighted by Crippen LogP contribution is 2.19. The predicted molar refractivity (Wildman–Crippen MR) is 83.7 cm³/mol. The molecule has 0 aromatic heterocycles. The molecule has 0 aliphatic rings. The molecule has 0 rings (SSSR count). The maximum Gasteiger partial charge on any atom is 0.363 e. The fourth-order valence-corrected chi connectivity index (χ4v) is 14.6. The topological polar surface area (TPSA) is 27.7 Å². The van der Waals surface area contributed by atoms with E-state index in [0.29, 0.717) is 0 Å². The Kier molecular flexibility index (Phi) is 6.54. The smallest absolute Gasteiger partial charge is 0.363 e. The lowest BCUT2D eigenvalue weighted by Crippen LogP contribution is -2.50. The molecule has 0 heterocycles. The molecule has 7 heteroatoms. The third-order valence-electron chi connectivity index (χ3n) is 1.62. The second-order valence-electron chi connectivity index (χ2n) is 6.66. The minimum absolute atomic E-state index is 0.987. The van der Waals surface area contributed by atoms with Crippen molar-refractivity contribution in [3.63, 3.8) is 0 Å². The minimum Gasteiger partial charge on any atom is -0.437 e. The Morgan fingerprint density at radius 1 is 0.765 bits per heavy atom. The molecule has 0 aromatic carbocycles. The summed E-state index contributed by atoms with van der Waals surface area (Å²) in [5.74, 6) is 0. The Bertz CT molecular complexity index is 233. The van der Waals surface area contributed by atoms with Crippen LogP contribution >= 0.6 is 0 Å². The normalized spacial score (nSPS) is 14.5. The molecule has 3 nitrogen and oxygen atoms in total. The standard InChI is InChI=1S/C10H29O3Si4/c1-10-14(11-15(2,3)4)12-17(8,9)13-16(5,6)7/h10H2,1-9H3. The van der Waals surface area contributed by atoms with Crippen LogP contribution in [0, 0.1) is 0 Å². The van der Waals surface area contributed by atoms with Crippen molar-refractivity contribution in [1.29, 1.82) is 0 Å². The molecule has 0 saturated heterocycles. The Morgan fingerprint density at radius 3 is 1.53 bits per heavy atom. The zero-order valence-electron chi connectivity index (χ0n) is 12.9. The van der Waals surface area contributed by atoms with Gasteiger partial charge in [0.15, 0.2) is 16.6 Å². The van der Waals surface area contributed by atoms with Crippen molar-refractivity contribution in [3.8, 4) is 0 Å². The molecule has 0 aliphatic carbocycles. The summed E-state index contributed by atoms with van der Waals surface area (Å²) in [6.07, 6.45) is 0. The van der Waals surface area contributed by atoms with Crippen LogP contribution in [0.15, 0.2) is 0 Å². The van der Waals surface area contributed by atoms with E-state index in [4.69, 9.17) is 12.3 Å². The monoisotopic (exact) mass is 309 g/mol. The molecule has 0 bridgehead atoms. The molecule has 0 aromatic rings. The fourth-order valence-electron chi connectivity index (χ4n) is 1.54. The first kappa shape index (κ1) is 17.7. The highest BCUT2D eigenvalue weighted by Gasteiger charge is 2.36. The summed E-state index contributed by atoms with van der Waals surface area (Å²) < 4.78 is 18.5. The predicted octanol–water partition coefficient (Wildman–Crippen LogP) is 3.92. The number of hydrogen-bond acceptors (Lipinski definition) is 3. The van der Waals surface area contributed by atoms with Gasteiger partial charge in [0, 0.05) is 0 Å². The van der Waals surface area contributed by atoms with Crippen molar-refractivity contribution in [2.75, 3.05) is 0 Å². The highest BCUT2D eigenvalue weighted by atomic mass is 28.5. The van der Waals surface area contributed by atoms with Crippen LogP contribution in [0.1, 0.15) is 6.92 Å². The second kappa shape index (κ2) is 6.26. The van der Waals surface area contributed by atoms with Gasteiger partial charge >= 0.3 is 17.8 Å². The summed E-state index contributed by atoms with van der Waals surface area (Å²) in [5, 5.41) is 0. The van der Waals surface area contributed by atoms with Crippen molar-refractivity contribution in [1.82, 2.24) is 0 Å². The fraction of sp³-hybridized carbons (Fsp3) is 1.00. The molecule has 0 spiro atoms. The van der Waals surface area contributed by atoms with E-state index in [0.717, 1.165) is 6.04 Å². The lowest BCUT2D eigenvalue weighted by atomic mass is 11.0. The molecular weight excluding hydrogens is 280 g/mol. The van der Waals surface area contributed by atoms with E-state index in [1.807, 2.05) is 0 Å². The van der Waals surface area contributed by atoms with E-state index in [9.17, 15) is 0 Å². The van der Waals surface area contributed by atoms with E-state index < -0.39 is 34.5 Å². The minimum atomic E-state index is -2.02. The molecule has 0 aliphatic heterocycles. The number of rotatable bonds is 7. The summed E-state index contributed by atoms with van der Waals surface area (Å²) in [6, 6.07) is 0.987. The third-order valence-corrected chi connectivity index (χ3v) is 12.9. The van der Waals surface area contributed by atoms with Gasteiger partial charge in [-0.25, -0.2) is 0 Å². The van der Waals surface area contributed by atoms with Crippen molar-refractivity contribution in [2.45, 2.75) is 65.3 Å². The van der Waals surface area contributed by atoms with Crippen molar-refractivity contribution in [3.05, 3.63) is 0 Å². The van der Waals surface area contributed by atoms with Crippen LogP contribution in [0.3, 0.4) is 0 Å². The first-order valence-electron chi connectivity index (χ1n) is 6.29. The van der Waals surface area contributed by atoms with Gasteiger partial charge in [-0.3, -0.25) is 0 Å². The van der Waals surface area contributed by atoms with E-state index in [-0.39, 0.29) is 0 Å². The quantitative estimate of drug-likeness (QED) is 0.667. The van der Waals surface area contributed by atoms with Crippen LogP contribution in [0.25, 0.3) is 0 Å². The molecule has 0 atom stereocenters. The molecule has 0 fully saturated rings. The Balaban J connectivity index is 4.45. The zero-order chi connectivity index (χ0) is 13.9. The molecule has 17 heavy (non-hydrogen) atoms. The maximum atomic E-state index is 6.20. The lowest BCUT2D eigenvalue weighted by molar-refractivity contribution is 0.347. The van der Waals surface area contributed by atoms with Crippen LogP contribution in [0.2, 0.25) is 58.4 Å². The molecular formula is C10H29O3Si4. The SMILES string of the molecule is CC[Si](O[Si](C)(C)C)O[Si](C)(C)O[Si](C)(C)C. The first-order chi connectivity index (χ1) is 7.35. The summed E-state index contributed by atoms with van der Waals surface area (Å²) in [6.45, 7) is 19.7. The summed E-state index contributed by atoms with van der Waals surface area (Å²) in [4.78, 5) is 0. The van der Waals surface area contributed by atoms with E-state index in [1.165, 1.54) is 0 Å². The molecule has 0 saturated carbocycles. The van der Waals surface area contributed by atoms with Crippen LogP contribution in [0.4, 0.5) is 0 Å². The molecule has 0 amide bonds. The van der Waals surface area contributed by atoms with Crippen molar-refractivity contribution in [2.24, 2.45) is 0 Å². The van der Waals surface area contributed by atoms with Gasteiger partial charge in [0.1, 0.15) is 0 Å². The van der Waals surface area contributed by atoms with Crippen LogP contribution in [-0.2, 0) is 12.3 Å². The highest BCUT2D eigenvalue weighted by molar-refractivity contribution is 6.85. The van der Waals surface area contributed by atoms with Gasteiger partial charge in [-0.2, -0.15) is 0 Å². The van der Waals surface area contributed by atoms with Crippen LogP contribution < -0.4 is 0 Å². The van der Waals surface area contributed by atoms with Gasteiger partial charge in [0.2, 0.25) is 0 Å². The summed E-state index contributed by atoms with van der Waals surface area (Å²) >= 11 is 0. The largest absolute Gasteiger partial charge is 0.437 e. The van der Waals surface area contributed by atoms with Gasteiger partial charge in [-0.1, -0.05) is 6.92 Å². The zero-order valence-corrected chi connectivity index (χ0v) is 16.9. The number of hydrogen-bond donors (Lipinski definition) is 0. The lowest BCUT2D eigenvalue weighted by Gasteiger charge is -2.34. The summed E-state index contributed by atoms with van der Waals surface area (Å²) in [5.41, 5.74) is 0. The van der Waals surface area contributed by atoms with Gasteiger partial charge in [0.05, 0.1) is 0 Å². The molecule has 1 radical (unpaired) electrons. The van der Waals surface area contributed by atoms with Gasteiger partial charge in [-0.15, -0.1) is 0 Å². The second-order valence-corrected chi connectivity index (χ2v) is 21.8.